The number of fused-ring (bicyclic) bond motifs is 1. The molecule has 7 nitrogen and oxygen atoms in total. The fourth-order valence-electron chi connectivity index (χ4n) is 3.35. The van der Waals surface area contributed by atoms with Crippen LogP contribution in [0.25, 0.3) is 0 Å². The van der Waals surface area contributed by atoms with Gasteiger partial charge in [-0.15, -0.1) is 0 Å². The van der Waals surface area contributed by atoms with E-state index in [1.807, 2.05) is 24.3 Å². The highest BCUT2D eigenvalue weighted by atomic mass is 16.5. The molecule has 3 heterocycles. The van der Waals surface area contributed by atoms with Gasteiger partial charge in [0.05, 0.1) is 12.2 Å². The molecule has 0 radical (unpaired) electrons. The largest absolute Gasteiger partial charge is 0.381 e. The number of carbonyl (C=O) groups excluding carboxylic acids is 2. The lowest BCUT2D eigenvalue weighted by Gasteiger charge is -2.16. The molecule has 2 aliphatic rings. The van der Waals surface area contributed by atoms with Crippen molar-refractivity contribution in [2.24, 2.45) is 5.92 Å². The van der Waals surface area contributed by atoms with E-state index in [1.165, 1.54) is 17.3 Å². The molecular formula is C20H22N4O3. The molecule has 0 bridgehead atoms. The Balaban J connectivity index is 1.30. The highest BCUT2D eigenvalue weighted by molar-refractivity contribution is 5.94. The predicted molar refractivity (Wildman–Crippen MR) is 100 cm³/mol. The van der Waals surface area contributed by atoms with E-state index in [4.69, 9.17) is 4.74 Å². The second kappa shape index (κ2) is 7.75. The molecule has 0 spiro atoms. The maximum absolute atomic E-state index is 12.4. The minimum atomic E-state index is -0.197. The van der Waals surface area contributed by atoms with Gasteiger partial charge in [0, 0.05) is 38.4 Å². The van der Waals surface area contributed by atoms with Gasteiger partial charge in [-0.1, -0.05) is 24.3 Å². The third-order valence-corrected chi connectivity index (χ3v) is 4.96. The molecular weight excluding hydrogens is 344 g/mol. The minimum absolute atomic E-state index is 0.165. The molecule has 2 aromatic rings. The van der Waals surface area contributed by atoms with E-state index in [-0.39, 0.29) is 11.9 Å². The summed E-state index contributed by atoms with van der Waals surface area (Å²) in [5.41, 5.74) is 2.81. The van der Waals surface area contributed by atoms with Crippen molar-refractivity contribution >= 4 is 17.8 Å². The first-order valence-corrected chi connectivity index (χ1v) is 9.14. The number of pyridine rings is 1. The molecule has 2 aliphatic heterocycles. The number of ether oxygens (including phenoxy) is 1. The number of nitrogens with one attached hydrogen (secondary N) is 2. The number of urea groups is 1. The van der Waals surface area contributed by atoms with Gasteiger partial charge >= 0.3 is 6.03 Å². The zero-order valence-corrected chi connectivity index (χ0v) is 15.0. The predicted octanol–water partition coefficient (Wildman–Crippen LogP) is 2.40. The number of benzene rings is 1. The van der Waals surface area contributed by atoms with Crippen molar-refractivity contribution in [3.8, 4) is 0 Å². The molecule has 1 aromatic heterocycles. The number of rotatable bonds is 4. The first-order valence-electron chi connectivity index (χ1n) is 9.14. The lowest BCUT2D eigenvalue weighted by molar-refractivity contribution is 0.0944. The Kier molecular flexibility index (Phi) is 5.02. The molecule has 1 saturated heterocycles. The summed E-state index contributed by atoms with van der Waals surface area (Å²) < 4.78 is 5.30. The van der Waals surface area contributed by atoms with Crippen LogP contribution in [-0.2, 0) is 17.8 Å². The molecule has 0 unspecified atom stereocenters. The quantitative estimate of drug-likeness (QED) is 0.870. The Bertz CT molecular complexity index is 806. The Morgan fingerprint density at radius 2 is 1.93 bits per heavy atom. The number of anilines is 1. The van der Waals surface area contributed by atoms with E-state index in [1.54, 1.807) is 17.0 Å². The Morgan fingerprint density at radius 1 is 1.15 bits per heavy atom. The summed E-state index contributed by atoms with van der Waals surface area (Å²) in [6, 6.07) is 11.1. The lowest BCUT2D eigenvalue weighted by Crippen LogP contribution is -2.31. The monoisotopic (exact) mass is 366 g/mol. The maximum Gasteiger partial charge on any atom is 0.323 e. The topological polar surface area (TPSA) is 83.6 Å². The summed E-state index contributed by atoms with van der Waals surface area (Å²) in [6.45, 7) is 3.25. The molecule has 140 valence electrons. The maximum atomic E-state index is 12.4. The van der Waals surface area contributed by atoms with Crippen LogP contribution in [0.15, 0.2) is 42.6 Å². The zero-order chi connectivity index (χ0) is 18.6. The normalized spacial score (nSPS) is 18.2. The van der Waals surface area contributed by atoms with Crippen molar-refractivity contribution in [1.82, 2.24) is 15.2 Å². The van der Waals surface area contributed by atoms with Crippen LogP contribution in [0.3, 0.4) is 0 Å². The van der Waals surface area contributed by atoms with Gasteiger partial charge in [-0.2, -0.15) is 0 Å². The number of aromatic nitrogens is 1. The van der Waals surface area contributed by atoms with Gasteiger partial charge < -0.3 is 15.0 Å². The van der Waals surface area contributed by atoms with Crippen LogP contribution >= 0.6 is 0 Å². The molecule has 0 saturated carbocycles. The van der Waals surface area contributed by atoms with Crippen molar-refractivity contribution in [3.63, 3.8) is 0 Å². The first kappa shape index (κ1) is 17.5. The van der Waals surface area contributed by atoms with E-state index in [0.29, 0.717) is 43.5 Å². The van der Waals surface area contributed by atoms with Gasteiger partial charge in [-0.05, 0) is 29.7 Å². The van der Waals surface area contributed by atoms with Crippen molar-refractivity contribution in [2.45, 2.75) is 19.5 Å². The average molecular weight is 366 g/mol. The number of hydrogen-bond donors (Lipinski definition) is 2. The Labute approximate surface area is 157 Å². The van der Waals surface area contributed by atoms with Gasteiger partial charge in [-0.25, -0.2) is 9.78 Å². The fourth-order valence-corrected chi connectivity index (χ4v) is 3.35. The molecule has 7 heteroatoms. The van der Waals surface area contributed by atoms with E-state index >= 15 is 0 Å². The Hall–Kier alpha value is -2.93. The van der Waals surface area contributed by atoms with Gasteiger partial charge in [-0.3, -0.25) is 10.1 Å². The number of nitrogens with zero attached hydrogens (tertiary/aromatic N) is 2. The van der Waals surface area contributed by atoms with Crippen molar-refractivity contribution in [1.29, 1.82) is 0 Å². The summed E-state index contributed by atoms with van der Waals surface area (Å²) in [6.07, 6.45) is 2.46. The van der Waals surface area contributed by atoms with Gasteiger partial charge in [0.2, 0.25) is 0 Å². The van der Waals surface area contributed by atoms with E-state index in [0.717, 1.165) is 13.0 Å². The molecule has 2 N–H and O–H groups in total. The van der Waals surface area contributed by atoms with Crippen molar-refractivity contribution in [2.75, 3.05) is 25.1 Å². The fraction of sp³-hybridized carbons (Fsp3) is 0.350. The van der Waals surface area contributed by atoms with Crippen LogP contribution in [0, 0.1) is 5.92 Å². The Morgan fingerprint density at radius 3 is 2.56 bits per heavy atom. The van der Waals surface area contributed by atoms with Crippen LogP contribution in [0.5, 0.6) is 0 Å². The van der Waals surface area contributed by atoms with Crippen LogP contribution < -0.4 is 10.6 Å². The minimum Gasteiger partial charge on any atom is -0.381 e. The summed E-state index contributed by atoms with van der Waals surface area (Å²) in [5.74, 6) is 0.643. The highest BCUT2D eigenvalue weighted by Crippen LogP contribution is 2.22. The summed E-state index contributed by atoms with van der Waals surface area (Å²) in [5, 5.41) is 5.69. The standard InChI is InChI=1S/C20H22N4O3/c25-19(22-9-14-7-8-27-13-14)15-5-6-18(21-10-15)23-20(26)24-11-16-3-1-2-4-17(16)12-24/h1-6,10,14H,7-9,11-13H2,(H,22,25)(H,21,23,26)/t14-/m0/s1. The summed E-state index contributed by atoms with van der Waals surface area (Å²) >= 11 is 0. The molecule has 4 rings (SSSR count). The average Bonchev–Trinajstić information content (AvgIpc) is 3.36. The number of amides is 3. The second-order valence-corrected chi connectivity index (χ2v) is 6.93. The van der Waals surface area contributed by atoms with Crippen LogP contribution in [-0.4, -0.2) is 41.6 Å². The smallest absolute Gasteiger partial charge is 0.323 e. The van der Waals surface area contributed by atoms with Crippen LogP contribution in [0.4, 0.5) is 10.6 Å². The third-order valence-electron chi connectivity index (χ3n) is 4.96. The molecule has 1 aromatic carbocycles. The molecule has 1 atom stereocenters. The van der Waals surface area contributed by atoms with Crippen LogP contribution in [0.1, 0.15) is 27.9 Å². The van der Waals surface area contributed by atoms with Crippen LogP contribution in [0.2, 0.25) is 0 Å². The lowest BCUT2D eigenvalue weighted by atomic mass is 10.1. The van der Waals surface area contributed by atoms with Gasteiger partial charge in [0.15, 0.2) is 0 Å². The molecule has 3 amide bonds. The van der Waals surface area contributed by atoms with Crippen molar-refractivity contribution < 1.29 is 14.3 Å². The molecule has 1 fully saturated rings. The summed E-state index contributed by atoms with van der Waals surface area (Å²) in [7, 11) is 0. The number of carbonyl (C=O) groups is 2. The third kappa shape index (κ3) is 4.09. The van der Waals surface area contributed by atoms with Gasteiger partial charge in [0.25, 0.3) is 5.91 Å². The zero-order valence-electron chi connectivity index (χ0n) is 15.0. The highest BCUT2D eigenvalue weighted by Gasteiger charge is 2.23. The van der Waals surface area contributed by atoms with Crippen molar-refractivity contribution in [3.05, 3.63) is 59.3 Å². The molecule has 27 heavy (non-hydrogen) atoms. The van der Waals surface area contributed by atoms with E-state index in [9.17, 15) is 9.59 Å². The molecule has 0 aliphatic carbocycles. The summed E-state index contributed by atoms with van der Waals surface area (Å²) in [4.78, 5) is 30.5. The van der Waals surface area contributed by atoms with E-state index < -0.39 is 0 Å². The number of hydrogen-bond acceptors (Lipinski definition) is 4. The van der Waals surface area contributed by atoms with E-state index in [2.05, 4.69) is 15.6 Å². The first-order chi connectivity index (χ1) is 13.2. The van der Waals surface area contributed by atoms with Gasteiger partial charge in [0.1, 0.15) is 5.82 Å². The SMILES string of the molecule is O=C(NC[C@@H]1CCOC1)c1ccc(NC(=O)N2Cc3ccccc3C2)nc1. The second-order valence-electron chi connectivity index (χ2n) is 6.93.